The lowest BCUT2D eigenvalue weighted by Gasteiger charge is -2.05. The van der Waals surface area contributed by atoms with Crippen molar-refractivity contribution in [2.24, 2.45) is 10.7 Å². The summed E-state index contributed by atoms with van der Waals surface area (Å²) < 4.78 is 4.93. The quantitative estimate of drug-likeness (QED) is 0.469. The highest BCUT2D eigenvalue weighted by atomic mass is 16.6. The molecule has 0 bridgehead atoms. The van der Waals surface area contributed by atoms with Crippen molar-refractivity contribution in [3.8, 4) is 0 Å². The van der Waals surface area contributed by atoms with Gasteiger partial charge in [-0.15, -0.1) is 0 Å². The number of aliphatic imine (C=N–C) groups is 1. The highest BCUT2D eigenvalue weighted by molar-refractivity contribution is 6.13. The Kier molecular flexibility index (Phi) is 2.62. The van der Waals surface area contributed by atoms with E-state index in [1.54, 1.807) is 6.92 Å². The molecule has 8 nitrogen and oxygen atoms in total. The Morgan fingerprint density at radius 2 is 2.28 bits per heavy atom. The smallest absolute Gasteiger partial charge is 0.406 e. The zero-order chi connectivity index (χ0) is 13.4. The van der Waals surface area contributed by atoms with Crippen LogP contribution in [-0.2, 0) is 4.79 Å². The standard InChI is InChI=1S/C10H10N4O4/c1-5-3-6(9(18-5)14(16)17)4-7-8(15)13(2)10(11)12-7/h3-4H,1-2H3,(H2,11,12)/b7-4-. The normalized spacial score (nSPS) is 17.4. The highest BCUT2D eigenvalue weighted by Crippen LogP contribution is 2.26. The van der Waals surface area contributed by atoms with Crippen molar-refractivity contribution in [2.45, 2.75) is 6.92 Å². The van der Waals surface area contributed by atoms with Gasteiger partial charge in [-0.05, 0) is 19.1 Å². The highest BCUT2D eigenvalue weighted by Gasteiger charge is 2.27. The van der Waals surface area contributed by atoms with Gasteiger partial charge in [0.2, 0.25) is 5.96 Å². The largest absolute Gasteiger partial charge is 0.440 e. The maximum Gasteiger partial charge on any atom is 0.440 e. The number of aryl methyl sites for hydroxylation is 1. The van der Waals surface area contributed by atoms with Gasteiger partial charge in [0.25, 0.3) is 5.91 Å². The molecule has 2 N–H and O–H groups in total. The van der Waals surface area contributed by atoms with Crippen LogP contribution in [0.4, 0.5) is 5.88 Å². The summed E-state index contributed by atoms with van der Waals surface area (Å²) in [5.74, 6) is -0.407. The summed E-state index contributed by atoms with van der Waals surface area (Å²) in [6, 6.07) is 1.46. The molecule has 8 heteroatoms. The van der Waals surface area contributed by atoms with Crippen LogP contribution < -0.4 is 5.73 Å². The lowest BCUT2D eigenvalue weighted by molar-refractivity contribution is -0.402. The number of furan rings is 1. The van der Waals surface area contributed by atoms with Crippen LogP contribution in [0, 0.1) is 17.0 Å². The zero-order valence-corrected chi connectivity index (χ0v) is 9.71. The first kappa shape index (κ1) is 11.8. The van der Waals surface area contributed by atoms with Crippen molar-refractivity contribution in [2.75, 3.05) is 7.05 Å². The molecule has 0 saturated carbocycles. The number of carbonyl (C=O) groups is 1. The molecule has 0 atom stereocenters. The summed E-state index contributed by atoms with van der Waals surface area (Å²) in [4.78, 5) is 26.7. The Balaban J connectivity index is 2.46. The minimum atomic E-state index is -0.657. The summed E-state index contributed by atoms with van der Waals surface area (Å²) in [6.45, 7) is 1.58. The van der Waals surface area contributed by atoms with Gasteiger partial charge in [0.05, 0.1) is 5.56 Å². The van der Waals surface area contributed by atoms with Gasteiger partial charge in [-0.25, -0.2) is 4.99 Å². The SMILES string of the molecule is Cc1cc(/C=C2\N=C(N)N(C)C2=O)c([N+](=O)[O-])o1. The summed E-state index contributed by atoms with van der Waals surface area (Å²) in [5.41, 5.74) is 5.70. The molecule has 1 aliphatic heterocycles. The third kappa shape index (κ3) is 1.83. The average Bonchev–Trinajstić information content (AvgIpc) is 2.76. The summed E-state index contributed by atoms with van der Waals surface area (Å²) in [5, 5.41) is 10.7. The van der Waals surface area contributed by atoms with E-state index in [0.717, 1.165) is 4.90 Å². The lowest BCUT2D eigenvalue weighted by atomic mass is 10.2. The zero-order valence-electron chi connectivity index (χ0n) is 9.71. The van der Waals surface area contributed by atoms with Crippen LogP contribution in [-0.4, -0.2) is 28.7 Å². The Morgan fingerprint density at radius 3 is 2.78 bits per heavy atom. The van der Waals surface area contributed by atoms with Crippen LogP contribution in [0.5, 0.6) is 0 Å². The van der Waals surface area contributed by atoms with Crippen molar-refractivity contribution in [1.29, 1.82) is 0 Å². The maximum absolute atomic E-state index is 11.7. The van der Waals surface area contributed by atoms with Crippen molar-refractivity contribution >= 4 is 23.8 Å². The number of rotatable bonds is 2. The molecule has 1 amide bonds. The molecule has 0 unspecified atom stereocenters. The second-order valence-electron chi connectivity index (χ2n) is 3.74. The van der Waals surface area contributed by atoms with Gasteiger partial charge in [0, 0.05) is 7.05 Å². The fourth-order valence-electron chi connectivity index (χ4n) is 1.53. The average molecular weight is 250 g/mol. The van der Waals surface area contributed by atoms with E-state index in [1.165, 1.54) is 19.2 Å². The molecule has 1 aliphatic rings. The van der Waals surface area contributed by atoms with Crippen LogP contribution in [0.2, 0.25) is 0 Å². The topological polar surface area (TPSA) is 115 Å². The van der Waals surface area contributed by atoms with Crippen LogP contribution >= 0.6 is 0 Å². The van der Waals surface area contributed by atoms with Crippen LogP contribution in [0.1, 0.15) is 11.3 Å². The maximum atomic E-state index is 11.7. The minimum absolute atomic E-state index is 0.0406. The third-order valence-corrected chi connectivity index (χ3v) is 2.42. The van der Waals surface area contributed by atoms with E-state index in [1.807, 2.05) is 0 Å². The molecule has 0 radical (unpaired) electrons. The molecule has 0 aromatic carbocycles. The number of carbonyl (C=O) groups excluding carboxylic acids is 1. The minimum Gasteiger partial charge on any atom is -0.406 e. The number of likely N-dealkylation sites (N-methyl/N-ethyl adjacent to an activating group) is 1. The first-order valence-electron chi connectivity index (χ1n) is 4.99. The molecule has 94 valence electrons. The van der Waals surface area contributed by atoms with Gasteiger partial charge >= 0.3 is 5.88 Å². The van der Waals surface area contributed by atoms with E-state index >= 15 is 0 Å². The van der Waals surface area contributed by atoms with Crippen molar-refractivity contribution in [1.82, 2.24) is 4.90 Å². The summed E-state index contributed by atoms with van der Waals surface area (Å²) in [6.07, 6.45) is 1.29. The second-order valence-corrected chi connectivity index (χ2v) is 3.74. The summed E-state index contributed by atoms with van der Waals surface area (Å²) in [7, 11) is 1.47. The van der Waals surface area contributed by atoms with Crippen molar-refractivity contribution < 1.29 is 14.1 Å². The van der Waals surface area contributed by atoms with Crippen molar-refractivity contribution in [3.63, 3.8) is 0 Å². The molecular formula is C10H10N4O4. The number of hydrogen-bond donors (Lipinski definition) is 1. The van der Waals surface area contributed by atoms with Crippen LogP contribution in [0.3, 0.4) is 0 Å². The molecule has 18 heavy (non-hydrogen) atoms. The molecule has 2 rings (SSSR count). The lowest BCUT2D eigenvalue weighted by Crippen LogP contribution is -2.33. The molecule has 0 fully saturated rings. The molecule has 2 heterocycles. The Bertz CT molecular complexity index is 599. The molecule has 1 aromatic rings. The van der Waals surface area contributed by atoms with E-state index in [4.69, 9.17) is 10.2 Å². The van der Waals surface area contributed by atoms with E-state index in [-0.39, 0.29) is 17.2 Å². The van der Waals surface area contributed by atoms with Gasteiger partial charge in [-0.2, -0.15) is 0 Å². The van der Waals surface area contributed by atoms with Gasteiger partial charge in [-0.3, -0.25) is 19.8 Å². The Hall–Kier alpha value is -2.64. The van der Waals surface area contributed by atoms with Gasteiger partial charge in [-0.1, -0.05) is 0 Å². The van der Waals surface area contributed by atoms with E-state index < -0.39 is 16.7 Å². The van der Waals surface area contributed by atoms with Gasteiger partial charge in [0.1, 0.15) is 16.4 Å². The van der Waals surface area contributed by atoms with Crippen LogP contribution in [0.15, 0.2) is 21.2 Å². The molecular weight excluding hydrogens is 240 g/mol. The summed E-state index contributed by atoms with van der Waals surface area (Å²) >= 11 is 0. The van der Waals surface area contributed by atoms with Gasteiger partial charge in [0.15, 0.2) is 0 Å². The monoisotopic (exact) mass is 250 g/mol. The van der Waals surface area contributed by atoms with Gasteiger partial charge < -0.3 is 10.2 Å². The molecule has 0 spiro atoms. The number of amides is 1. The van der Waals surface area contributed by atoms with Crippen LogP contribution in [0.25, 0.3) is 6.08 Å². The van der Waals surface area contributed by atoms with Crippen molar-refractivity contribution in [3.05, 3.63) is 33.2 Å². The van der Waals surface area contributed by atoms with E-state index in [2.05, 4.69) is 4.99 Å². The fraction of sp³-hybridized carbons (Fsp3) is 0.200. The molecule has 1 aromatic heterocycles. The first-order chi connectivity index (χ1) is 8.40. The molecule has 0 saturated heterocycles. The third-order valence-electron chi connectivity index (χ3n) is 2.42. The number of nitrogens with zero attached hydrogens (tertiary/aromatic N) is 3. The molecule has 0 aliphatic carbocycles. The van der Waals surface area contributed by atoms with E-state index in [0.29, 0.717) is 5.76 Å². The second kappa shape index (κ2) is 3.99. The number of nitrogens with two attached hydrogens (primary N) is 1. The fourth-order valence-corrected chi connectivity index (χ4v) is 1.53. The number of nitro groups is 1. The predicted molar refractivity (Wildman–Crippen MR) is 62.5 cm³/mol. The number of guanidine groups is 1. The Morgan fingerprint density at radius 1 is 1.61 bits per heavy atom. The first-order valence-corrected chi connectivity index (χ1v) is 4.99. The van der Waals surface area contributed by atoms with E-state index in [9.17, 15) is 14.9 Å². The number of hydrogen-bond acceptors (Lipinski definition) is 6. The Labute approximate surface area is 102 Å². The predicted octanol–water partition coefficient (Wildman–Crippen LogP) is 0.624.